The van der Waals surface area contributed by atoms with Gasteiger partial charge in [0.25, 0.3) is 0 Å². The molecule has 0 saturated heterocycles. The van der Waals surface area contributed by atoms with Crippen molar-refractivity contribution in [2.24, 2.45) is 0 Å². The summed E-state index contributed by atoms with van der Waals surface area (Å²) >= 11 is 0. The van der Waals surface area contributed by atoms with Gasteiger partial charge in [-0.3, -0.25) is 4.79 Å². The molecule has 2 aromatic carbocycles. The number of fused-ring (bicyclic) bond motifs is 1. The Hall–Kier alpha value is -2.82. The maximum atomic E-state index is 14.3. The standard InChI is InChI=1S/C19H18FNO3/c1-11(2)24-16-9-8-15(20)17-18(16)21-10-14(19(17)22)12-4-6-13(23-3)7-5-12/h4-11H,1-3H3,(H,21,22). The second-order valence-electron chi connectivity index (χ2n) is 5.72. The number of methoxy groups -OCH3 is 1. The molecular weight excluding hydrogens is 309 g/mol. The van der Waals surface area contributed by atoms with Crippen LogP contribution in [0.3, 0.4) is 0 Å². The predicted molar refractivity (Wildman–Crippen MR) is 92.3 cm³/mol. The van der Waals surface area contributed by atoms with Crippen LogP contribution < -0.4 is 14.9 Å². The minimum absolute atomic E-state index is 0.00136. The molecule has 3 rings (SSSR count). The van der Waals surface area contributed by atoms with Crippen molar-refractivity contribution < 1.29 is 13.9 Å². The molecule has 0 aliphatic rings. The van der Waals surface area contributed by atoms with Crippen LogP contribution in [0.25, 0.3) is 22.0 Å². The molecule has 0 unspecified atom stereocenters. The van der Waals surface area contributed by atoms with Gasteiger partial charge in [0.2, 0.25) is 0 Å². The van der Waals surface area contributed by atoms with Crippen LogP contribution in [0.4, 0.5) is 4.39 Å². The highest BCUT2D eigenvalue weighted by molar-refractivity contribution is 5.88. The molecule has 0 fully saturated rings. The van der Waals surface area contributed by atoms with Gasteiger partial charge in [0.15, 0.2) is 5.43 Å². The molecular formula is C19H18FNO3. The number of hydrogen-bond donors (Lipinski definition) is 1. The van der Waals surface area contributed by atoms with Crippen LogP contribution in [0.15, 0.2) is 47.4 Å². The van der Waals surface area contributed by atoms with E-state index in [4.69, 9.17) is 9.47 Å². The summed E-state index contributed by atoms with van der Waals surface area (Å²) in [5.41, 5.74) is 1.07. The Labute approximate surface area is 138 Å². The third kappa shape index (κ3) is 2.85. The lowest BCUT2D eigenvalue weighted by atomic mass is 10.0. The fourth-order valence-corrected chi connectivity index (χ4v) is 2.61. The molecule has 24 heavy (non-hydrogen) atoms. The molecule has 0 spiro atoms. The highest BCUT2D eigenvalue weighted by Gasteiger charge is 2.15. The molecule has 4 nitrogen and oxygen atoms in total. The Morgan fingerprint density at radius 2 is 1.79 bits per heavy atom. The number of aromatic nitrogens is 1. The van der Waals surface area contributed by atoms with Gasteiger partial charge in [-0.05, 0) is 43.7 Å². The van der Waals surface area contributed by atoms with Crippen molar-refractivity contribution >= 4 is 10.9 Å². The van der Waals surface area contributed by atoms with E-state index in [0.717, 1.165) is 0 Å². The lowest BCUT2D eigenvalue weighted by Gasteiger charge is -2.13. The number of pyridine rings is 1. The van der Waals surface area contributed by atoms with Gasteiger partial charge in [-0.1, -0.05) is 12.1 Å². The summed E-state index contributed by atoms with van der Waals surface area (Å²) < 4.78 is 25.1. The van der Waals surface area contributed by atoms with E-state index < -0.39 is 5.82 Å². The minimum atomic E-state index is -0.572. The van der Waals surface area contributed by atoms with Crippen molar-refractivity contribution in [3.05, 3.63) is 58.6 Å². The van der Waals surface area contributed by atoms with Crippen LogP contribution in [0, 0.1) is 5.82 Å². The van der Waals surface area contributed by atoms with Gasteiger partial charge in [-0.15, -0.1) is 0 Å². The first kappa shape index (κ1) is 16.1. The van der Waals surface area contributed by atoms with E-state index in [0.29, 0.717) is 28.1 Å². The maximum absolute atomic E-state index is 14.3. The molecule has 0 saturated carbocycles. The van der Waals surface area contributed by atoms with Crippen LogP contribution in [0.1, 0.15) is 13.8 Å². The first-order valence-corrected chi connectivity index (χ1v) is 7.66. The average Bonchev–Trinajstić information content (AvgIpc) is 2.57. The molecule has 124 valence electrons. The Kier molecular flexibility index (Phi) is 4.25. The number of hydrogen-bond acceptors (Lipinski definition) is 3. The summed E-state index contributed by atoms with van der Waals surface area (Å²) in [6, 6.07) is 9.83. The summed E-state index contributed by atoms with van der Waals surface area (Å²) in [5, 5.41) is 0.00136. The van der Waals surface area contributed by atoms with E-state index in [9.17, 15) is 9.18 Å². The number of H-pyrrole nitrogens is 1. The largest absolute Gasteiger partial charge is 0.497 e. The van der Waals surface area contributed by atoms with Crippen LogP contribution in [0.5, 0.6) is 11.5 Å². The smallest absolute Gasteiger partial charge is 0.200 e. The summed E-state index contributed by atoms with van der Waals surface area (Å²) in [5.74, 6) is 0.576. The zero-order valence-corrected chi connectivity index (χ0v) is 13.7. The maximum Gasteiger partial charge on any atom is 0.200 e. The number of ether oxygens (including phenoxy) is 2. The lowest BCUT2D eigenvalue weighted by molar-refractivity contribution is 0.245. The van der Waals surface area contributed by atoms with Gasteiger partial charge in [0.05, 0.1) is 24.1 Å². The molecule has 5 heteroatoms. The predicted octanol–water partition coefficient (Wildman–Crippen LogP) is 4.13. The van der Waals surface area contributed by atoms with E-state index in [1.807, 2.05) is 13.8 Å². The highest BCUT2D eigenvalue weighted by Crippen LogP contribution is 2.27. The SMILES string of the molecule is COc1ccc(-c2c[nH]c3c(OC(C)C)ccc(F)c3c2=O)cc1. The zero-order valence-electron chi connectivity index (χ0n) is 13.7. The molecule has 0 atom stereocenters. The number of nitrogens with one attached hydrogen (secondary N) is 1. The van der Waals surface area contributed by atoms with Crippen LogP contribution in [0.2, 0.25) is 0 Å². The topological polar surface area (TPSA) is 51.3 Å². The molecule has 3 aromatic rings. The summed E-state index contributed by atoms with van der Waals surface area (Å²) in [7, 11) is 1.57. The van der Waals surface area contributed by atoms with Gasteiger partial charge >= 0.3 is 0 Å². The van der Waals surface area contributed by atoms with Gasteiger partial charge < -0.3 is 14.5 Å². The van der Waals surface area contributed by atoms with Gasteiger partial charge in [-0.2, -0.15) is 0 Å². The van der Waals surface area contributed by atoms with E-state index in [1.54, 1.807) is 37.6 Å². The molecule has 0 radical (unpaired) electrons. The van der Waals surface area contributed by atoms with Crippen LogP contribution >= 0.6 is 0 Å². The Morgan fingerprint density at radius 1 is 1.08 bits per heavy atom. The van der Waals surface area contributed by atoms with Crippen molar-refractivity contribution in [3.8, 4) is 22.6 Å². The summed E-state index contributed by atoms with van der Waals surface area (Å²) in [6.07, 6.45) is 1.50. The number of benzene rings is 2. The quantitative estimate of drug-likeness (QED) is 0.784. The third-order valence-electron chi connectivity index (χ3n) is 3.71. The number of rotatable bonds is 4. The van der Waals surface area contributed by atoms with Crippen molar-refractivity contribution in [3.63, 3.8) is 0 Å². The highest BCUT2D eigenvalue weighted by atomic mass is 19.1. The summed E-state index contributed by atoms with van der Waals surface area (Å²) in [6.45, 7) is 3.75. The molecule has 0 aliphatic carbocycles. The third-order valence-corrected chi connectivity index (χ3v) is 3.71. The lowest BCUT2D eigenvalue weighted by Crippen LogP contribution is -2.11. The number of halogens is 1. The van der Waals surface area contributed by atoms with E-state index in [2.05, 4.69) is 4.98 Å². The Bertz CT molecular complexity index is 930. The van der Waals surface area contributed by atoms with Crippen LogP contribution in [-0.2, 0) is 0 Å². The van der Waals surface area contributed by atoms with Gasteiger partial charge in [0.1, 0.15) is 17.3 Å². The Morgan fingerprint density at radius 3 is 2.42 bits per heavy atom. The molecule has 1 N–H and O–H groups in total. The number of aromatic amines is 1. The Balaban J connectivity index is 2.20. The van der Waals surface area contributed by atoms with Crippen molar-refractivity contribution in [2.75, 3.05) is 7.11 Å². The van der Waals surface area contributed by atoms with Crippen molar-refractivity contribution in [2.45, 2.75) is 20.0 Å². The fourth-order valence-electron chi connectivity index (χ4n) is 2.61. The molecule has 1 heterocycles. The van der Waals surface area contributed by atoms with Gasteiger partial charge in [-0.25, -0.2) is 4.39 Å². The van der Waals surface area contributed by atoms with Crippen molar-refractivity contribution in [1.29, 1.82) is 0 Å². The average molecular weight is 327 g/mol. The van der Waals surface area contributed by atoms with E-state index in [-0.39, 0.29) is 16.9 Å². The molecule has 1 aromatic heterocycles. The second kappa shape index (κ2) is 6.35. The van der Waals surface area contributed by atoms with E-state index in [1.165, 1.54) is 12.1 Å². The van der Waals surface area contributed by atoms with E-state index >= 15 is 0 Å². The first-order valence-electron chi connectivity index (χ1n) is 7.66. The fraction of sp³-hybridized carbons (Fsp3) is 0.211. The zero-order chi connectivity index (χ0) is 17.3. The second-order valence-corrected chi connectivity index (χ2v) is 5.72. The van der Waals surface area contributed by atoms with Gasteiger partial charge in [0, 0.05) is 11.8 Å². The van der Waals surface area contributed by atoms with Crippen LogP contribution in [-0.4, -0.2) is 18.2 Å². The molecule has 0 bridgehead atoms. The van der Waals surface area contributed by atoms with Crippen molar-refractivity contribution in [1.82, 2.24) is 4.98 Å². The normalized spacial score (nSPS) is 11.0. The minimum Gasteiger partial charge on any atom is -0.497 e. The first-order chi connectivity index (χ1) is 11.5. The molecule has 0 aliphatic heterocycles. The summed E-state index contributed by atoms with van der Waals surface area (Å²) in [4.78, 5) is 15.8. The monoisotopic (exact) mass is 327 g/mol. The molecule has 0 amide bonds.